The number of esters is 1. The quantitative estimate of drug-likeness (QED) is 0.566. The van der Waals surface area contributed by atoms with Gasteiger partial charge in [0, 0.05) is 18.4 Å². The molecule has 0 aliphatic carbocycles. The number of benzene rings is 1. The third-order valence-electron chi connectivity index (χ3n) is 5.27. The molecule has 0 bridgehead atoms. The van der Waals surface area contributed by atoms with Crippen LogP contribution in [-0.2, 0) is 16.1 Å². The van der Waals surface area contributed by atoms with Gasteiger partial charge in [0.1, 0.15) is 5.76 Å². The van der Waals surface area contributed by atoms with Crippen LogP contribution < -0.4 is 0 Å². The van der Waals surface area contributed by atoms with Crippen LogP contribution in [0.4, 0.5) is 0 Å². The second kappa shape index (κ2) is 8.82. The summed E-state index contributed by atoms with van der Waals surface area (Å²) in [6, 6.07) is 15.1. The molecule has 0 fully saturated rings. The lowest BCUT2D eigenvalue weighted by atomic mass is 10.1. The van der Waals surface area contributed by atoms with Crippen LogP contribution in [-0.4, -0.2) is 35.0 Å². The van der Waals surface area contributed by atoms with Gasteiger partial charge in [-0.15, -0.1) is 0 Å². The van der Waals surface area contributed by atoms with Crippen molar-refractivity contribution >= 4 is 11.9 Å². The van der Waals surface area contributed by atoms with Gasteiger partial charge in [-0.1, -0.05) is 30.3 Å². The molecule has 6 heteroatoms. The van der Waals surface area contributed by atoms with E-state index in [0.29, 0.717) is 12.1 Å². The number of furan rings is 1. The first-order valence-electron chi connectivity index (χ1n) is 9.55. The van der Waals surface area contributed by atoms with Crippen molar-refractivity contribution in [2.24, 2.45) is 0 Å². The lowest BCUT2D eigenvalue weighted by Gasteiger charge is -2.25. The molecule has 0 saturated carbocycles. The third-order valence-corrected chi connectivity index (χ3v) is 5.27. The molecule has 2 aromatic heterocycles. The smallest absolute Gasteiger partial charge is 0.340 e. The minimum Gasteiger partial charge on any atom is -0.467 e. The first-order chi connectivity index (χ1) is 13.9. The van der Waals surface area contributed by atoms with Crippen LogP contribution in [0.5, 0.6) is 0 Å². The summed E-state index contributed by atoms with van der Waals surface area (Å²) < 4.78 is 12.7. The van der Waals surface area contributed by atoms with Crippen LogP contribution in [0.2, 0.25) is 0 Å². The first kappa shape index (κ1) is 20.5. The van der Waals surface area contributed by atoms with Crippen LogP contribution in [0.25, 0.3) is 0 Å². The lowest BCUT2D eigenvalue weighted by molar-refractivity contribution is -0.135. The highest BCUT2D eigenvalue weighted by molar-refractivity contribution is 5.92. The third kappa shape index (κ3) is 4.59. The predicted octanol–water partition coefficient (Wildman–Crippen LogP) is 4.12. The molecule has 3 aromatic rings. The molecule has 152 valence electrons. The number of carbonyl (C=O) groups is 2. The van der Waals surface area contributed by atoms with E-state index >= 15 is 0 Å². The van der Waals surface area contributed by atoms with E-state index in [-0.39, 0.29) is 18.6 Å². The first-order valence-corrected chi connectivity index (χ1v) is 9.55. The molecule has 29 heavy (non-hydrogen) atoms. The fraction of sp³-hybridized carbons (Fsp3) is 0.304. The molecule has 0 spiro atoms. The number of hydrogen-bond acceptors (Lipinski definition) is 4. The van der Waals surface area contributed by atoms with Crippen LogP contribution in [0.3, 0.4) is 0 Å². The molecule has 1 aromatic carbocycles. The lowest BCUT2D eigenvalue weighted by Crippen LogP contribution is -2.33. The van der Waals surface area contributed by atoms with Crippen molar-refractivity contribution in [2.75, 3.05) is 13.7 Å². The normalized spacial score (nSPS) is 11.9. The summed E-state index contributed by atoms with van der Waals surface area (Å²) in [7, 11) is 1.71. The van der Waals surface area contributed by atoms with Gasteiger partial charge in [-0.25, -0.2) is 4.79 Å². The van der Waals surface area contributed by atoms with Crippen molar-refractivity contribution in [3.8, 4) is 0 Å². The monoisotopic (exact) mass is 394 g/mol. The number of aromatic nitrogens is 1. The maximum absolute atomic E-state index is 12.6. The van der Waals surface area contributed by atoms with Gasteiger partial charge >= 0.3 is 5.97 Å². The van der Waals surface area contributed by atoms with Gasteiger partial charge in [0.05, 0.1) is 24.4 Å². The van der Waals surface area contributed by atoms with Gasteiger partial charge in [0.2, 0.25) is 0 Å². The Bertz CT molecular complexity index is 974. The van der Waals surface area contributed by atoms with Gasteiger partial charge < -0.3 is 18.6 Å². The van der Waals surface area contributed by atoms with Gasteiger partial charge in [-0.3, -0.25) is 4.79 Å². The van der Waals surface area contributed by atoms with E-state index in [1.54, 1.807) is 24.3 Å². The number of likely N-dealkylation sites (N-methyl/N-ethyl adjacent to an activating group) is 1. The second-order valence-electron chi connectivity index (χ2n) is 7.12. The minimum atomic E-state index is -0.502. The summed E-state index contributed by atoms with van der Waals surface area (Å²) >= 11 is 0. The number of carbonyl (C=O) groups excluding carboxylic acids is 2. The number of hydrogen-bond donors (Lipinski definition) is 0. The Morgan fingerprint density at radius 3 is 2.52 bits per heavy atom. The van der Waals surface area contributed by atoms with Crippen molar-refractivity contribution in [3.63, 3.8) is 0 Å². The number of aryl methyl sites for hydroxylation is 1. The Balaban J connectivity index is 1.62. The topological polar surface area (TPSA) is 64.7 Å². The van der Waals surface area contributed by atoms with Gasteiger partial charge in [0.25, 0.3) is 5.91 Å². The number of rotatable bonds is 7. The molecular formula is C23H26N2O4. The molecule has 3 rings (SSSR count). The van der Waals surface area contributed by atoms with E-state index in [9.17, 15) is 9.59 Å². The summed E-state index contributed by atoms with van der Waals surface area (Å²) in [4.78, 5) is 26.7. The molecule has 0 radical (unpaired) electrons. The van der Waals surface area contributed by atoms with E-state index < -0.39 is 5.97 Å². The minimum absolute atomic E-state index is 0.110. The van der Waals surface area contributed by atoms with Crippen LogP contribution >= 0.6 is 0 Å². The van der Waals surface area contributed by atoms with E-state index in [1.807, 2.05) is 67.8 Å². The van der Waals surface area contributed by atoms with E-state index in [0.717, 1.165) is 22.7 Å². The molecule has 0 aliphatic heterocycles. The average Bonchev–Trinajstić information content (AvgIpc) is 3.35. The number of nitrogens with zero attached hydrogens (tertiary/aromatic N) is 2. The van der Waals surface area contributed by atoms with Crippen molar-refractivity contribution in [2.45, 2.75) is 33.4 Å². The summed E-state index contributed by atoms with van der Waals surface area (Å²) in [6.07, 6.45) is 1.62. The molecule has 0 aliphatic rings. The molecule has 2 heterocycles. The van der Waals surface area contributed by atoms with Gasteiger partial charge in [-0.05, 0) is 44.5 Å². The predicted molar refractivity (Wildman–Crippen MR) is 110 cm³/mol. The summed E-state index contributed by atoms with van der Waals surface area (Å²) in [5, 5.41) is 0. The highest BCUT2D eigenvalue weighted by Crippen LogP contribution is 2.20. The Kier molecular flexibility index (Phi) is 6.22. The van der Waals surface area contributed by atoms with Crippen molar-refractivity contribution in [3.05, 3.63) is 83.1 Å². The zero-order chi connectivity index (χ0) is 21.0. The standard InChI is InChI=1S/C23H26N2O4/c1-16-13-21(18(3)25(16)14-20-11-8-12-28-20)23(27)29-15-22(26)24(4)17(2)19-9-6-5-7-10-19/h5-13,17H,14-15H2,1-4H3/t17-/m1/s1. The molecule has 6 nitrogen and oxygen atoms in total. The SMILES string of the molecule is Cc1cc(C(=O)OCC(=O)N(C)[C@H](C)c2ccccc2)c(C)n1Cc1ccco1. The van der Waals surface area contributed by atoms with E-state index in [4.69, 9.17) is 9.15 Å². The number of amides is 1. The molecule has 0 unspecified atom stereocenters. The fourth-order valence-electron chi connectivity index (χ4n) is 3.29. The molecular weight excluding hydrogens is 368 g/mol. The van der Waals surface area contributed by atoms with Crippen molar-refractivity contribution < 1.29 is 18.7 Å². The van der Waals surface area contributed by atoms with Crippen molar-refractivity contribution in [1.82, 2.24) is 9.47 Å². The van der Waals surface area contributed by atoms with Crippen LogP contribution in [0, 0.1) is 13.8 Å². The van der Waals surface area contributed by atoms with E-state index in [2.05, 4.69) is 0 Å². The Morgan fingerprint density at radius 2 is 1.86 bits per heavy atom. The molecule has 1 amide bonds. The largest absolute Gasteiger partial charge is 0.467 e. The summed E-state index contributed by atoms with van der Waals surface area (Å²) in [5.74, 6) is 0.0513. The fourth-order valence-corrected chi connectivity index (χ4v) is 3.29. The number of ether oxygens (including phenoxy) is 1. The van der Waals surface area contributed by atoms with Crippen LogP contribution in [0.1, 0.15) is 46.0 Å². The van der Waals surface area contributed by atoms with Gasteiger partial charge in [-0.2, -0.15) is 0 Å². The maximum Gasteiger partial charge on any atom is 0.340 e. The average molecular weight is 394 g/mol. The maximum atomic E-state index is 12.6. The Hall–Kier alpha value is -3.28. The Labute approximate surface area is 170 Å². The highest BCUT2D eigenvalue weighted by Gasteiger charge is 2.21. The molecule has 0 saturated heterocycles. The van der Waals surface area contributed by atoms with Crippen LogP contribution in [0.15, 0.2) is 59.2 Å². The molecule has 0 N–H and O–H groups in total. The zero-order valence-electron chi connectivity index (χ0n) is 17.2. The second-order valence-corrected chi connectivity index (χ2v) is 7.12. The highest BCUT2D eigenvalue weighted by atomic mass is 16.5. The summed E-state index contributed by atoms with van der Waals surface area (Å²) in [5.41, 5.74) is 3.19. The summed E-state index contributed by atoms with van der Waals surface area (Å²) in [6.45, 7) is 5.96. The van der Waals surface area contributed by atoms with Gasteiger partial charge in [0.15, 0.2) is 6.61 Å². The zero-order valence-corrected chi connectivity index (χ0v) is 17.2. The van der Waals surface area contributed by atoms with E-state index in [1.165, 1.54) is 0 Å². The molecule has 1 atom stereocenters. The Morgan fingerprint density at radius 1 is 1.14 bits per heavy atom. The van der Waals surface area contributed by atoms with Crippen molar-refractivity contribution in [1.29, 1.82) is 0 Å².